The van der Waals surface area contributed by atoms with E-state index in [-0.39, 0.29) is 23.7 Å². The van der Waals surface area contributed by atoms with E-state index in [9.17, 15) is 14.4 Å². The molecule has 0 bridgehead atoms. The van der Waals surface area contributed by atoms with Crippen molar-refractivity contribution in [1.82, 2.24) is 5.32 Å². The van der Waals surface area contributed by atoms with Crippen LogP contribution in [0.25, 0.3) is 0 Å². The number of aliphatic carboxylic acids is 1. The van der Waals surface area contributed by atoms with Crippen molar-refractivity contribution in [1.29, 1.82) is 0 Å². The average Bonchev–Trinajstić information content (AvgIpc) is 2.56. The number of carboxylic acid groups (broad SMARTS) is 1. The molecule has 1 aromatic carbocycles. The standard InChI is InChI=1S/C18H22N2O4/c21-16-10-9-15(17(22)20-16)11-1-5-13(6-2-11)19-14-7-3-12(4-8-14)18(23)24/h1-2,5-6,12,14-15,19H,3-4,7-10H2,(H,23,24)(H,20,21,22). The van der Waals surface area contributed by atoms with E-state index < -0.39 is 5.97 Å². The van der Waals surface area contributed by atoms with Crippen LogP contribution in [-0.4, -0.2) is 28.9 Å². The van der Waals surface area contributed by atoms with Crippen molar-refractivity contribution in [3.05, 3.63) is 29.8 Å². The highest BCUT2D eigenvalue weighted by molar-refractivity contribution is 6.00. The molecular formula is C18H22N2O4. The van der Waals surface area contributed by atoms with Gasteiger partial charge in [-0.05, 0) is 49.8 Å². The van der Waals surface area contributed by atoms with Crippen LogP contribution in [0.3, 0.4) is 0 Å². The Morgan fingerprint density at radius 2 is 1.71 bits per heavy atom. The molecule has 1 atom stereocenters. The van der Waals surface area contributed by atoms with Crippen LogP contribution in [-0.2, 0) is 14.4 Å². The molecule has 1 saturated heterocycles. The number of carbonyl (C=O) groups excluding carboxylic acids is 2. The monoisotopic (exact) mass is 330 g/mol. The number of anilines is 1. The minimum absolute atomic E-state index is 0.202. The summed E-state index contributed by atoms with van der Waals surface area (Å²) in [6.07, 6.45) is 4.06. The summed E-state index contributed by atoms with van der Waals surface area (Å²) in [5.74, 6) is -1.59. The van der Waals surface area contributed by atoms with Gasteiger partial charge in [0.05, 0.1) is 11.8 Å². The third kappa shape index (κ3) is 3.75. The Labute approximate surface area is 140 Å². The first-order valence-corrected chi connectivity index (χ1v) is 8.46. The second kappa shape index (κ2) is 7.03. The van der Waals surface area contributed by atoms with Crippen LogP contribution < -0.4 is 10.6 Å². The normalized spacial score (nSPS) is 27.4. The van der Waals surface area contributed by atoms with Crippen LogP contribution in [0.1, 0.15) is 50.0 Å². The maximum absolute atomic E-state index is 11.9. The Kier molecular flexibility index (Phi) is 4.83. The summed E-state index contributed by atoms with van der Waals surface area (Å²) >= 11 is 0. The fourth-order valence-corrected chi connectivity index (χ4v) is 3.54. The smallest absolute Gasteiger partial charge is 0.306 e. The molecule has 3 N–H and O–H groups in total. The number of rotatable bonds is 4. The van der Waals surface area contributed by atoms with Crippen LogP contribution in [0.4, 0.5) is 5.69 Å². The number of piperidine rings is 1. The third-order valence-electron chi connectivity index (χ3n) is 5.00. The minimum atomic E-state index is -0.693. The lowest BCUT2D eigenvalue weighted by Crippen LogP contribution is -2.39. The SMILES string of the molecule is O=C1CCC(c2ccc(NC3CCC(C(=O)O)CC3)cc2)C(=O)N1. The second-order valence-electron chi connectivity index (χ2n) is 6.66. The number of nitrogens with one attached hydrogen (secondary N) is 2. The van der Waals surface area contributed by atoms with Crippen molar-refractivity contribution < 1.29 is 19.5 Å². The summed E-state index contributed by atoms with van der Waals surface area (Å²) in [5, 5.41) is 14.9. The number of carboxylic acids is 1. The molecule has 0 aromatic heterocycles. The number of hydrogen-bond acceptors (Lipinski definition) is 4. The molecule has 3 rings (SSSR count). The molecule has 6 heteroatoms. The molecule has 0 spiro atoms. The van der Waals surface area contributed by atoms with E-state index in [0.29, 0.717) is 31.7 Å². The number of carbonyl (C=O) groups is 3. The molecule has 1 unspecified atom stereocenters. The van der Waals surface area contributed by atoms with Gasteiger partial charge in [0, 0.05) is 18.2 Å². The lowest BCUT2D eigenvalue weighted by atomic mass is 9.86. The van der Waals surface area contributed by atoms with Crippen LogP contribution >= 0.6 is 0 Å². The van der Waals surface area contributed by atoms with Gasteiger partial charge in [-0.1, -0.05) is 12.1 Å². The van der Waals surface area contributed by atoms with Gasteiger partial charge < -0.3 is 10.4 Å². The Morgan fingerprint density at radius 1 is 1.04 bits per heavy atom. The molecule has 1 aliphatic carbocycles. The summed E-state index contributed by atoms with van der Waals surface area (Å²) in [7, 11) is 0. The summed E-state index contributed by atoms with van der Waals surface area (Å²) < 4.78 is 0. The fraction of sp³-hybridized carbons (Fsp3) is 0.500. The largest absolute Gasteiger partial charge is 0.481 e. The third-order valence-corrected chi connectivity index (χ3v) is 5.00. The topological polar surface area (TPSA) is 95.5 Å². The van der Waals surface area contributed by atoms with Gasteiger partial charge in [0.2, 0.25) is 11.8 Å². The highest BCUT2D eigenvalue weighted by Crippen LogP contribution is 2.29. The molecule has 24 heavy (non-hydrogen) atoms. The van der Waals surface area contributed by atoms with Gasteiger partial charge in [0.25, 0.3) is 0 Å². The zero-order chi connectivity index (χ0) is 17.1. The van der Waals surface area contributed by atoms with Crippen molar-refractivity contribution in [3.63, 3.8) is 0 Å². The summed E-state index contributed by atoms with van der Waals surface area (Å²) in [4.78, 5) is 34.1. The molecule has 1 aromatic rings. The van der Waals surface area contributed by atoms with Crippen molar-refractivity contribution in [2.24, 2.45) is 5.92 Å². The Morgan fingerprint density at radius 3 is 2.29 bits per heavy atom. The zero-order valence-corrected chi connectivity index (χ0v) is 13.5. The molecule has 0 radical (unpaired) electrons. The van der Waals surface area contributed by atoms with E-state index in [4.69, 9.17) is 5.11 Å². The predicted octanol–water partition coefficient (Wildman–Crippen LogP) is 2.26. The maximum atomic E-state index is 11.9. The van der Waals surface area contributed by atoms with Crippen molar-refractivity contribution in [2.45, 2.75) is 50.5 Å². The molecule has 1 heterocycles. The maximum Gasteiger partial charge on any atom is 0.306 e. The number of amides is 2. The van der Waals surface area contributed by atoms with Gasteiger partial charge >= 0.3 is 5.97 Å². The fourth-order valence-electron chi connectivity index (χ4n) is 3.54. The van der Waals surface area contributed by atoms with Gasteiger partial charge in [-0.3, -0.25) is 19.7 Å². The van der Waals surface area contributed by atoms with E-state index in [1.54, 1.807) is 0 Å². The van der Waals surface area contributed by atoms with Gasteiger partial charge in [-0.2, -0.15) is 0 Å². The minimum Gasteiger partial charge on any atom is -0.481 e. The van der Waals surface area contributed by atoms with Crippen LogP contribution in [0.5, 0.6) is 0 Å². The molecular weight excluding hydrogens is 308 g/mol. The molecule has 1 saturated carbocycles. The molecule has 128 valence electrons. The van der Waals surface area contributed by atoms with E-state index in [1.165, 1.54) is 0 Å². The van der Waals surface area contributed by atoms with Gasteiger partial charge in [0.15, 0.2) is 0 Å². The number of hydrogen-bond donors (Lipinski definition) is 3. The lowest BCUT2D eigenvalue weighted by molar-refractivity contribution is -0.143. The number of benzene rings is 1. The summed E-state index contributed by atoms with van der Waals surface area (Å²) in [6.45, 7) is 0. The van der Waals surface area contributed by atoms with Crippen molar-refractivity contribution in [2.75, 3.05) is 5.32 Å². The first kappa shape index (κ1) is 16.5. The van der Waals surface area contributed by atoms with E-state index >= 15 is 0 Å². The van der Waals surface area contributed by atoms with Gasteiger partial charge in [-0.15, -0.1) is 0 Å². The highest BCUT2D eigenvalue weighted by Gasteiger charge is 2.28. The molecule has 1 aliphatic heterocycles. The van der Waals surface area contributed by atoms with E-state index in [1.807, 2.05) is 24.3 Å². The van der Waals surface area contributed by atoms with Crippen LogP contribution in [0, 0.1) is 5.92 Å². The highest BCUT2D eigenvalue weighted by atomic mass is 16.4. The first-order valence-electron chi connectivity index (χ1n) is 8.46. The Bertz CT molecular complexity index is 633. The summed E-state index contributed by atoms with van der Waals surface area (Å²) in [5.41, 5.74) is 1.89. The second-order valence-corrected chi connectivity index (χ2v) is 6.66. The quantitative estimate of drug-likeness (QED) is 0.736. The molecule has 6 nitrogen and oxygen atoms in total. The van der Waals surface area contributed by atoms with Gasteiger partial charge in [0.1, 0.15) is 0 Å². The van der Waals surface area contributed by atoms with Crippen LogP contribution in [0.15, 0.2) is 24.3 Å². The van der Waals surface area contributed by atoms with Gasteiger partial charge in [-0.25, -0.2) is 0 Å². The predicted molar refractivity (Wildman–Crippen MR) is 88.6 cm³/mol. The molecule has 2 fully saturated rings. The van der Waals surface area contributed by atoms with E-state index in [2.05, 4.69) is 10.6 Å². The molecule has 2 amide bonds. The number of imide groups is 1. The zero-order valence-electron chi connectivity index (χ0n) is 13.5. The average molecular weight is 330 g/mol. The Balaban J connectivity index is 1.56. The van der Waals surface area contributed by atoms with Crippen molar-refractivity contribution in [3.8, 4) is 0 Å². The Hall–Kier alpha value is -2.37. The first-order chi connectivity index (χ1) is 11.5. The lowest BCUT2D eigenvalue weighted by Gasteiger charge is -2.28. The van der Waals surface area contributed by atoms with E-state index in [0.717, 1.165) is 24.1 Å². The van der Waals surface area contributed by atoms with Crippen LogP contribution in [0.2, 0.25) is 0 Å². The molecule has 2 aliphatic rings. The van der Waals surface area contributed by atoms with Crippen molar-refractivity contribution >= 4 is 23.5 Å². The summed E-state index contributed by atoms with van der Waals surface area (Å²) in [6, 6.07) is 8.03.